The largest absolute Gasteiger partial charge is 0.481 e. The number of ether oxygens (including phenoxy) is 1. The van der Waals surface area contributed by atoms with Crippen molar-refractivity contribution in [3.8, 4) is 0 Å². The lowest BCUT2D eigenvalue weighted by Crippen LogP contribution is -2.45. The SMILES string of the molecule is CC(C)C[C@H](N)C(=O)O[C@@H](CC(=O)O)C[N+](C)(C)C. The Kier molecular flexibility index (Phi) is 7.00. The Morgan fingerprint density at radius 3 is 2.16 bits per heavy atom. The van der Waals surface area contributed by atoms with Crippen LogP contribution in [0.4, 0.5) is 0 Å². The van der Waals surface area contributed by atoms with E-state index in [4.69, 9.17) is 15.6 Å². The van der Waals surface area contributed by atoms with Crippen LogP contribution in [0, 0.1) is 5.92 Å². The van der Waals surface area contributed by atoms with Gasteiger partial charge in [0, 0.05) is 0 Å². The lowest BCUT2D eigenvalue weighted by molar-refractivity contribution is -0.873. The van der Waals surface area contributed by atoms with E-state index in [0.29, 0.717) is 23.4 Å². The minimum Gasteiger partial charge on any atom is -0.481 e. The molecule has 0 amide bonds. The molecule has 6 nitrogen and oxygen atoms in total. The zero-order valence-corrected chi connectivity index (χ0v) is 12.5. The molecule has 6 heteroatoms. The zero-order valence-electron chi connectivity index (χ0n) is 12.5. The van der Waals surface area contributed by atoms with Crippen molar-refractivity contribution in [3.05, 3.63) is 0 Å². The Balaban J connectivity index is 4.54. The maximum Gasteiger partial charge on any atom is 0.323 e. The highest BCUT2D eigenvalue weighted by atomic mass is 16.5. The van der Waals surface area contributed by atoms with Gasteiger partial charge in [-0.05, 0) is 12.3 Å². The van der Waals surface area contributed by atoms with E-state index in [-0.39, 0.29) is 6.42 Å². The number of esters is 1. The second-order valence-electron chi connectivity index (χ2n) is 6.37. The third-order valence-corrected chi connectivity index (χ3v) is 2.46. The van der Waals surface area contributed by atoms with Crippen molar-refractivity contribution in [2.75, 3.05) is 27.7 Å². The van der Waals surface area contributed by atoms with Gasteiger partial charge in [-0.1, -0.05) is 13.8 Å². The summed E-state index contributed by atoms with van der Waals surface area (Å²) in [6, 6.07) is -0.691. The van der Waals surface area contributed by atoms with Gasteiger partial charge in [0.15, 0.2) is 6.10 Å². The summed E-state index contributed by atoms with van der Waals surface area (Å²) in [5, 5.41) is 8.85. The van der Waals surface area contributed by atoms with Crippen LogP contribution in [0.1, 0.15) is 26.7 Å². The minimum absolute atomic E-state index is 0.199. The van der Waals surface area contributed by atoms with Crippen molar-refractivity contribution in [1.29, 1.82) is 0 Å². The summed E-state index contributed by atoms with van der Waals surface area (Å²) < 4.78 is 5.76. The highest BCUT2D eigenvalue weighted by molar-refractivity contribution is 5.76. The van der Waals surface area contributed by atoms with E-state index in [1.807, 2.05) is 35.0 Å². The summed E-state index contributed by atoms with van der Waals surface area (Å²) >= 11 is 0. The van der Waals surface area contributed by atoms with Crippen molar-refractivity contribution in [2.24, 2.45) is 11.7 Å². The van der Waals surface area contributed by atoms with E-state index in [1.54, 1.807) is 0 Å². The Hall–Kier alpha value is -1.14. The van der Waals surface area contributed by atoms with Crippen LogP contribution in [-0.4, -0.2) is 61.4 Å². The summed E-state index contributed by atoms with van der Waals surface area (Å²) in [5.74, 6) is -1.21. The molecule has 0 aliphatic carbocycles. The Morgan fingerprint density at radius 2 is 1.79 bits per heavy atom. The molecule has 0 radical (unpaired) electrons. The molecule has 0 spiro atoms. The molecular formula is C13H27N2O4+. The monoisotopic (exact) mass is 275 g/mol. The molecule has 0 unspecified atom stereocenters. The van der Waals surface area contributed by atoms with Gasteiger partial charge in [-0.3, -0.25) is 9.59 Å². The van der Waals surface area contributed by atoms with Crippen LogP contribution in [0.3, 0.4) is 0 Å². The summed E-state index contributed by atoms with van der Waals surface area (Å²) in [6.07, 6.45) is -0.318. The van der Waals surface area contributed by atoms with E-state index in [1.165, 1.54) is 0 Å². The van der Waals surface area contributed by atoms with E-state index in [0.717, 1.165) is 0 Å². The molecule has 0 fully saturated rings. The molecule has 112 valence electrons. The number of hydrogen-bond donors (Lipinski definition) is 2. The Labute approximate surface area is 115 Å². The van der Waals surface area contributed by atoms with E-state index in [9.17, 15) is 9.59 Å². The number of likely N-dealkylation sites (N-methyl/N-ethyl adjacent to an activating group) is 1. The second kappa shape index (κ2) is 7.45. The molecule has 0 aromatic carbocycles. The number of nitrogens with two attached hydrogens (primary N) is 1. The first kappa shape index (κ1) is 17.9. The number of carbonyl (C=O) groups is 2. The van der Waals surface area contributed by atoms with Gasteiger partial charge in [-0.15, -0.1) is 0 Å². The van der Waals surface area contributed by atoms with Gasteiger partial charge in [-0.25, -0.2) is 0 Å². The van der Waals surface area contributed by atoms with Crippen LogP contribution >= 0.6 is 0 Å². The van der Waals surface area contributed by atoms with E-state index in [2.05, 4.69) is 0 Å². The fraction of sp³-hybridized carbons (Fsp3) is 0.846. The molecule has 3 N–H and O–H groups in total. The number of carboxylic acid groups (broad SMARTS) is 1. The quantitative estimate of drug-likeness (QED) is 0.496. The summed E-state index contributed by atoms with van der Waals surface area (Å²) in [7, 11) is 5.74. The lowest BCUT2D eigenvalue weighted by Gasteiger charge is -2.29. The first-order valence-corrected chi connectivity index (χ1v) is 6.49. The van der Waals surface area contributed by atoms with Crippen molar-refractivity contribution in [3.63, 3.8) is 0 Å². The topological polar surface area (TPSA) is 89.6 Å². The zero-order chi connectivity index (χ0) is 15.2. The van der Waals surface area contributed by atoms with Gasteiger partial charge in [0.05, 0.1) is 27.6 Å². The van der Waals surface area contributed by atoms with Crippen molar-refractivity contribution in [2.45, 2.75) is 38.8 Å². The fourth-order valence-electron chi connectivity index (χ4n) is 1.80. The van der Waals surface area contributed by atoms with Crippen LogP contribution in [0.25, 0.3) is 0 Å². The van der Waals surface area contributed by atoms with E-state index < -0.39 is 24.1 Å². The molecule has 0 heterocycles. The normalized spacial score (nSPS) is 15.1. The summed E-state index contributed by atoms with van der Waals surface area (Å²) in [5.41, 5.74) is 5.73. The van der Waals surface area contributed by atoms with Crippen LogP contribution in [0.2, 0.25) is 0 Å². The number of quaternary nitrogens is 1. The maximum absolute atomic E-state index is 11.8. The smallest absolute Gasteiger partial charge is 0.323 e. The highest BCUT2D eigenvalue weighted by Gasteiger charge is 2.27. The molecule has 19 heavy (non-hydrogen) atoms. The van der Waals surface area contributed by atoms with Crippen molar-refractivity contribution < 1.29 is 23.9 Å². The minimum atomic E-state index is -0.983. The number of nitrogens with zero attached hydrogens (tertiary/aromatic N) is 1. The molecule has 0 aromatic heterocycles. The predicted molar refractivity (Wildman–Crippen MR) is 72.5 cm³/mol. The molecule has 0 saturated heterocycles. The van der Waals surface area contributed by atoms with Crippen molar-refractivity contribution in [1.82, 2.24) is 0 Å². The van der Waals surface area contributed by atoms with Crippen LogP contribution in [0.15, 0.2) is 0 Å². The maximum atomic E-state index is 11.8. The van der Waals surface area contributed by atoms with Crippen molar-refractivity contribution >= 4 is 11.9 Å². The summed E-state index contributed by atoms with van der Waals surface area (Å²) in [4.78, 5) is 22.6. The van der Waals surface area contributed by atoms with Gasteiger partial charge in [0.1, 0.15) is 12.6 Å². The molecule has 0 aromatic rings. The van der Waals surface area contributed by atoms with Gasteiger partial charge in [0.25, 0.3) is 0 Å². The first-order valence-electron chi connectivity index (χ1n) is 6.49. The van der Waals surface area contributed by atoms with E-state index >= 15 is 0 Å². The third-order valence-electron chi connectivity index (χ3n) is 2.46. The Bertz CT molecular complexity index is 310. The predicted octanol–water partition coefficient (Wildman–Crippen LogP) is 0.453. The third kappa shape index (κ3) is 9.44. The average molecular weight is 275 g/mol. The van der Waals surface area contributed by atoms with Crippen LogP contribution in [0.5, 0.6) is 0 Å². The van der Waals surface area contributed by atoms with Gasteiger partial charge in [-0.2, -0.15) is 0 Å². The summed E-state index contributed by atoms with van der Waals surface area (Å²) in [6.45, 7) is 4.37. The van der Waals surface area contributed by atoms with Gasteiger partial charge in [0.2, 0.25) is 0 Å². The molecule has 0 bridgehead atoms. The molecule has 0 rings (SSSR count). The number of carboxylic acids is 1. The molecular weight excluding hydrogens is 248 g/mol. The number of carbonyl (C=O) groups excluding carboxylic acids is 1. The Morgan fingerprint density at radius 1 is 1.26 bits per heavy atom. The number of aliphatic carboxylic acids is 1. The lowest BCUT2D eigenvalue weighted by atomic mass is 10.0. The molecule has 0 saturated carbocycles. The second-order valence-corrected chi connectivity index (χ2v) is 6.37. The fourth-order valence-corrected chi connectivity index (χ4v) is 1.80. The standard InChI is InChI=1S/C13H26N2O4/c1-9(2)6-11(14)13(18)19-10(7-12(16)17)8-15(3,4)5/h9-11H,6-8,14H2,1-5H3/p+1/t10-,11-/m0/s1. The number of rotatable bonds is 8. The molecule has 0 aliphatic rings. The van der Waals surface area contributed by atoms with Crippen LogP contribution in [-0.2, 0) is 14.3 Å². The molecule has 2 atom stereocenters. The molecule has 0 aliphatic heterocycles. The average Bonchev–Trinajstić information content (AvgIpc) is 2.11. The van der Waals surface area contributed by atoms with Crippen LogP contribution < -0.4 is 5.73 Å². The van der Waals surface area contributed by atoms with Gasteiger partial charge < -0.3 is 20.1 Å². The van der Waals surface area contributed by atoms with Gasteiger partial charge >= 0.3 is 11.9 Å². The first-order chi connectivity index (χ1) is 8.51. The number of hydrogen-bond acceptors (Lipinski definition) is 4. The highest BCUT2D eigenvalue weighted by Crippen LogP contribution is 2.09.